The molecule has 2 atom stereocenters. The Kier molecular flexibility index (Phi) is 4.36. The Morgan fingerprint density at radius 2 is 2.17 bits per heavy atom. The van der Waals surface area contributed by atoms with Crippen LogP contribution in [-0.4, -0.2) is 43.1 Å². The number of halogens is 2. The molecule has 5 heteroatoms. The minimum atomic E-state index is 0.425. The van der Waals surface area contributed by atoms with Crippen LogP contribution in [0, 0.1) is 5.92 Å². The van der Waals surface area contributed by atoms with E-state index in [-0.39, 0.29) is 0 Å². The van der Waals surface area contributed by atoms with E-state index in [1.165, 1.54) is 0 Å². The predicted octanol–water partition coefficient (Wildman–Crippen LogP) is 2.86. The fourth-order valence-electron chi connectivity index (χ4n) is 2.55. The summed E-state index contributed by atoms with van der Waals surface area (Å²) in [6.45, 7) is 4.31. The van der Waals surface area contributed by atoms with Crippen LogP contribution in [-0.2, 0) is 5.88 Å². The first-order chi connectivity index (χ1) is 8.52. The minimum absolute atomic E-state index is 0.425. The zero-order chi connectivity index (χ0) is 13.3. The number of rotatable bonds is 3. The highest BCUT2D eigenvalue weighted by molar-refractivity contribution is 6.32. The lowest BCUT2D eigenvalue weighted by molar-refractivity contribution is 0.266. The summed E-state index contributed by atoms with van der Waals surface area (Å²) in [5, 5.41) is 0.644. The highest BCUT2D eigenvalue weighted by Gasteiger charge is 2.31. The van der Waals surface area contributed by atoms with E-state index in [0.717, 1.165) is 24.5 Å². The number of alkyl halides is 1. The summed E-state index contributed by atoms with van der Waals surface area (Å²) in [7, 11) is 4.26. The van der Waals surface area contributed by atoms with Crippen molar-refractivity contribution in [1.82, 2.24) is 9.88 Å². The van der Waals surface area contributed by atoms with Crippen LogP contribution in [0.3, 0.4) is 0 Å². The Hall–Kier alpha value is -0.510. The van der Waals surface area contributed by atoms with E-state index in [9.17, 15) is 0 Å². The molecule has 0 bridgehead atoms. The maximum atomic E-state index is 6.04. The Labute approximate surface area is 119 Å². The SMILES string of the molecule is CC1CN(c2cc(CCl)c(Cl)cn2)CC1N(C)C. The van der Waals surface area contributed by atoms with Gasteiger partial charge in [0.2, 0.25) is 0 Å². The normalized spacial score (nSPS) is 24.0. The molecule has 1 aromatic heterocycles. The highest BCUT2D eigenvalue weighted by atomic mass is 35.5. The van der Waals surface area contributed by atoms with Crippen LogP contribution in [0.15, 0.2) is 12.3 Å². The average molecular weight is 288 g/mol. The molecular weight excluding hydrogens is 269 g/mol. The van der Waals surface area contributed by atoms with Crippen molar-refractivity contribution in [1.29, 1.82) is 0 Å². The lowest BCUT2D eigenvalue weighted by Gasteiger charge is -2.22. The van der Waals surface area contributed by atoms with Crippen LogP contribution in [0.5, 0.6) is 0 Å². The summed E-state index contributed by atoms with van der Waals surface area (Å²) in [6, 6.07) is 2.57. The molecule has 2 unspecified atom stereocenters. The molecule has 2 rings (SSSR count). The summed E-state index contributed by atoms with van der Waals surface area (Å²) >= 11 is 11.9. The third kappa shape index (κ3) is 2.73. The summed E-state index contributed by atoms with van der Waals surface area (Å²) in [5.41, 5.74) is 0.948. The van der Waals surface area contributed by atoms with Crippen LogP contribution in [0.25, 0.3) is 0 Å². The molecular formula is C13H19Cl2N3. The number of hydrogen-bond donors (Lipinski definition) is 0. The molecule has 1 saturated heterocycles. The lowest BCUT2D eigenvalue weighted by Crippen LogP contribution is -2.34. The maximum Gasteiger partial charge on any atom is 0.128 e. The summed E-state index contributed by atoms with van der Waals surface area (Å²) in [6.07, 6.45) is 1.70. The molecule has 2 heterocycles. The van der Waals surface area contributed by atoms with Gasteiger partial charge in [-0.3, -0.25) is 0 Å². The molecule has 1 aliphatic heterocycles. The predicted molar refractivity (Wildman–Crippen MR) is 77.7 cm³/mol. The number of nitrogens with zero attached hydrogens (tertiary/aromatic N) is 3. The zero-order valence-corrected chi connectivity index (χ0v) is 12.5. The first kappa shape index (κ1) is 13.9. The molecule has 1 aliphatic rings. The molecule has 1 fully saturated rings. The summed E-state index contributed by atoms with van der Waals surface area (Å²) in [4.78, 5) is 9.00. The standard InChI is InChI=1S/C13H19Cl2N3/c1-9-7-18(8-12(9)17(2)3)13-4-10(5-14)11(15)6-16-13/h4,6,9,12H,5,7-8H2,1-3H3. The summed E-state index contributed by atoms with van der Waals surface area (Å²) < 4.78 is 0. The fourth-order valence-corrected chi connectivity index (χ4v) is 3.01. The van der Waals surface area contributed by atoms with Crippen LogP contribution >= 0.6 is 23.2 Å². The topological polar surface area (TPSA) is 19.4 Å². The monoisotopic (exact) mass is 287 g/mol. The molecule has 3 nitrogen and oxygen atoms in total. The highest BCUT2D eigenvalue weighted by Crippen LogP contribution is 2.27. The van der Waals surface area contributed by atoms with Gasteiger partial charge in [-0.25, -0.2) is 4.98 Å². The van der Waals surface area contributed by atoms with Crippen molar-refractivity contribution in [2.75, 3.05) is 32.1 Å². The van der Waals surface area contributed by atoms with Gasteiger partial charge in [0, 0.05) is 31.2 Å². The van der Waals surface area contributed by atoms with Crippen LogP contribution in [0.2, 0.25) is 5.02 Å². The second-order valence-electron chi connectivity index (χ2n) is 5.18. The quantitative estimate of drug-likeness (QED) is 0.797. The maximum absolute atomic E-state index is 6.04. The van der Waals surface area contributed by atoms with Crippen LogP contribution in [0.1, 0.15) is 12.5 Å². The van der Waals surface area contributed by atoms with Crippen molar-refractivity contribution >= 4 is 29.0 Å². The van der Waals surface area contributed by atoms with Gasteiger partial charge in [0.15, 0.2) is 0 Å². The number of anilines is 1. The third-order valence-electron chi connectivity index (χ3n) is 3.62. The Morgan fingerprint density at radius 3 is 2.72 bits per heavy atom. The molecule has 100 valence electrons. The smallest absolute Gasteiger partial charge is 0.128 e. The Bertz CT molecular complexity index is 423. The van der Waals surface area contributed by atoms with Gasteiger partial charge in [-0.1, -0.05) is 18.5 Å². The molecule has 0 spiro atoms. The van der Waals surface area contributed by atoms with Crippen molar-refractivity contribution in [2.45, 2.75) is 18.8 Å². The summed E-state index contributed by atoms with van der Waals surface area (Å²) in [5.74, 6) is 2.04. The molecule has 0 radical (unpaired) electrons. The van der Waals surface area contributed by atoms with Crippen molar-refractivity contribution in [2.24, 2.45) is 5.92 Å². The van der Waals surface area contributed by atoms with Gasteiger partial charge < -0.3 is 9.80 Å². The van der Waals surface area contributed by atoms with Crippen LogP contribution < -0.4 is 4.90 Å². The largest absolute Gasteiger partial charge is 0.355 e. The van der Waals surface area contributed by atoms with Crippen molar-refractivity contribution in [3.8, 4) is 0 Å². The molecule has 0 aromatic carbocycles. The number of aromatic nitrogens is 1. The van der Waals surface area contributed by atoms with E-state index < -0.39 is 0 Å². The van der Waals surface area contributed by atoms with Gasteiger partial charge in [0.25, 0.3) is 0 Å². The molecule has 0 N–H and O–H groups in total. The molecule has 0 aliphatic carbocycles. The number of hydrogen-bond acceptors (Lipinski definition) is 3. The Balaban J connectivity index is 2.18. The first-order valence-electron chi connectivity index (χ1n) is 6.14. The molecule has 0 amide bonds. The van der Waals surface area contributed by atoms with Crippen molar-refractivity contribution < 1.29 is 0 Å². The third-order valence-corrected chi connectivity index (χ3v) is 4.25. The second kappa shape index (κ2) is 5.64. The van der Waals surface area contributed by atoms with Gasteiger partial charge in [-0.15, -0.1) is 11.6 Å². The molecule has 1 aromatic rings. The number of pyridine rings is 1. The van der Waals surface area contributed by atoms with Gasteiger partial charge in [0.1, 0.15) is 5.82 Å². The van der Waals surface area contributed by atoms with Gasteiger partial charge in [-0.05, 0) is 31.6 Å². The first-order valence-corrected chi connectivity index (χ1v) is 7.06. The van der Waals surface area contributed by atoms with E-state index in [1.54, 1.807) is 6.20 Å². The van der Waals surface area contributed by atoms with Gasteiger partial charge in [-0.2, -0.15) is 0 Å². The van der Waals surface area contributed by atoms with E-state index in [1.807, 2.05) is 6.07 Å². The molecule has 18 heavy (non-hydrogen) atoms. The van der Waals surface area contributed by atoms with Gasteiger partial charge in [0.05, 0.1) is 5.02 Å². The fraction of sp³-hybridized carbons (Fsp3) is 0.615. The lowest BCUT2D eigenvalue weighted by atomic mass is 10.1. The zero-order valence-electron chi connectivity index (χ0n) is 11.0. The molecule has 0 saturated carbocycles. The van der Waals surface area contributed by atoms with E-state index in [2.05, 4.69) is 35.8 Å². The van der Waals surface area contributed by atoms with Crippen LogP contribution in [0.4, 0.5) is 5.82 Å². The van der Waals surface area contributed by atoms with E-state index in [4.69, 9.17) is 23.2 Å². The minimum Gasteiger partial charge on any atom is -0.355 e. The van der Waals surface area contributed by atoms with E-state index >= 15 is 0 Å². The van der Waals surface area contributed by atoms with Crippen molar-refractivity contribution in [3.05, 3.63) is 22.8 Å². The average Bonchev–Trinajstić information content (AvgIpc) is 2.72. The van der Waals surface area contributed by atoms with Gasteiger partial charge >= 0.3 is 0 Å². The van der Waals surface area contributed by atoms with E-state index in [0.29, 0.717) is 22.9 Å². The Morgan fingerprint density at radius 1 is 1.44 bits per heavy atom. The number of likely N-dealkylation sites (N-methyl/N-ethyl adjacent to an activating group) is 1. The van der Waals surface area contributed by atoms with Crippen molar-refractivity contribution in [3.63, 3.8) is 0 Å². The second-order valence-corrected chi connectivity index (χ2v) is 5.86.